The van der Waals surface area contributed by atoms with Crippen molar-refractivity contribution in [3.05, 3.63) is 24.3 Å². The van der Waals surface area contributed by atoms with Crippen LogP contribution >= 0.6 is 12.4 Å². The van der Waals surface area contributed by atoms with Crippen LogP contribution in [0.5, 0.6) is 5.75 Å². The molecule has 3 rings (SSSR count). The highest BCUT2D eigenvalue weighted by molar-refractivity contribution is 7.91. The molecule has 2 aliphatic rings. The van der Waals surface area contributed by atoms with E-state index in [-0.39, 0.29) is 57.3 Å². The Morgan fingerprint density at radius 2 is 1.57 bits per heavy atom. The third-order valence-electron chi connectivity index (χ3n) is 7.22. The maximum Gasteiger partial charge on any atom is 0.266 e. The van der Waals surface area contributed by atoms with Gasteiger partial charge >= 0.3 is 0 Å². The molecule has 0 bridgehead atoms. The Morgan fingerprint density at radius 3 is 2.11 bits per heavy atom. The molecule has 0 atom stereocenters. The molecular formula is C25H41ClN4O6S. The van der Waals surface area contributed by atoms with Gasteiger partial charge in [-0.2, -0.15) is 4.31 Å². The molecule has 10 nitrogen and oxygen atoms in total. The molecule has 12 heteroatoms. The van der Waals surface area contributed by atoms with E-state index in [9.17, 15) is 23.2 Å². The zero-order chi connectivity index (χ0) is 26.2. The molecule has 0 radical (unpaired) electrons. The summed E-state index contributed by atoms with van der Waals surface area (Å²) < 4.78 is 32.8. The van der Waals surface area contributed by atoms with Gasteiger partial charge in [0.25, 0.3) is 5.91 Å². The molecule has 2 saturated heterocycles. The van der Waals surface area contributed by atoms with Crippen LogP contribution in [0.1, 0.15) is 58.8 Å². The molecule has 2 fully saturated rings. The van der Waals surface area contributed by atoms with Crippen molar-refractivity contribution in [1.82, 2.24) is 14.7 Å². The summed E-state index contributed by atoms with van der Waals surface area (Å²) in [4.78, 5) is 28.9. The van der Waals surface area contributed by atoms with E-state index in [0.717, 1.165) is 37.1 Å². The Bertz CT molecular complexity index is 975. The highest BCUT2D eigenvalue weighted by Gasteiger charge is 2.55. The molecule has 2 heterocycles. The van der Waals surface area contributed by atoms with Gasteiger partial charge in [-0.1, -0.05) is 26.7 Å². The summed E-state index contributed by atoms with van der Waals surface area (Å²) in [5.41, 5.74) is 2.57. The highest BCUT2D eigenvalue weighted by Crippen LogP contribution is 2.35. The van der Waals surface area contributed by atoms with Crippen molar-refractivity contribution < 1.29 is 28.0 Å². The number of likely N-dealkylation sites (tertiary alicyclic amines) is 1. The van der Waals surface area contributed by atoms with E-state index in [1.807, 2.05) is 31.2 Å². The smallest absolute Gasteiger partial charge is 0.266 e. The van der Waals surface area contributed by atoms with Gasteiger partial charge in [-0.25, -0.2) is 13.9 Å². The van der Waals surface area contributed by atoms with Gasteiger partial charge in [0.15, 0.2) is 4.75 Å². The number of carbonyl (C=O) groups is 2. The second-order valence-electron chi connectivity index (χ2n) is 9.51. The number of piperidine rings is 1. The number of piperazine rings is 1. The van der Waals surface area contributed by atoms with E-state index in [1.54, 1.807) is 10.4 Å². The number of sulfonamides is 1. The van der Waals surface area contributed by atoms with Gasteiger partial charge in [0, 0.05) is 51.4 Å². The Balaban J connectivity index is 0.00000481. The van der Waals surface area contributed by atoms with E-state index >= 15 is 0 Å². The van der Waals surface area contributed by atoms with E-state index in [0.29, 0.717) is 26.1 Å². The van der Waals surface area contributed by atoms with Crippen LogP contribution < -0.4 is 15.1 Å². The first-order valence-electron chi connectivity index (χ1n) is 13.0. The molecule has 1 aromatic carbocycles. The first-order valence-corrected chi connectivity index (χ1v) is 14.4. The van der Waals surface area contributed by atoms with Crippen LogP contribution in [0.2, 0.25) is 0 Å². The SMILES string of the molecule is CCCCOc1ccc(N2CCN(S(=O)(=O)C3(C(=O)NO)CCN(C(=O)CCCC)CC3)CC2)cc1.Cl. The quantitative estimate of drug-likeness (QED) is 0.242. The first-order chi connectivity index (χ1) is 17.3. The van der Waals surface area contributed by atoms with Crippen LogP contribution in [0.4, 0.5) is 5.69 Å². The summed E-state index contributed by atoms with van der Waals surface area (Å²) in [6.45, 7) is 6.56. The van der Waals surface area contributed by atoms with Crippen LogP contribution in [0.15, 0.2) is 24.3 Å². The minimum Gasteiger partial charge on any atom is -0.494 e. The Labute approximate surface area is 226 Å². The van der Waals surface area contributed by atoms with Gasteiger partial charge in [0.1, 0.15) is 5.75 Å². The minimum atomic E-state index is -4.07. The number of nitrogens with one attached hydrogen (secondary N) is 1. The van der Waals surface area contributed by atoms with E-state index in [1.165, 1.54) is 4.31 Å². The van der Waals surface area contributed by atoms with Crippen LogP contribution in [0, 0.1) is 0 Å². The predicted octanol–water partition coefficient (Wildman–Crippen LogP) is 2.80. The summed E-state index contributed by atoms with van der Waals surface area (Å²) in [6, 6.07) is 7.78. The van der Waals surface area contributed by atoms with E-state index < -0.39 is 20.7 Å². The molecular weight excluding hydrogens is 520 g/mol. The van der Waals surface area contributed by atoms with E-state index in [4.69, 9.17) is 4.74 Å². The normalized spacial score (nSPS) is 18.1. The van der Waals surface area contributed by atoms with Gasteiger partial charge in [-0.05, 0) is 49.9 Å². The van der Waals surface area contributed by atoms with Gasteiger partial charge in [-0.3, -0.25) is 14.8 Å². The number of anilines is 1. The van der Waals surface area contributed by atoms with Crippen molar-refractivity contribution in [3.8, 4) is 5.75 Å². The molecule has 1 aromatic rings. The third-order valence-corrected chi connectivity index (χ3v) is 9.85. The van der Waals surface area contributed by atoms with Gasteiger partial charge in [-0.15, -0.1) is 12.4 Å². The maximum absolute atomic E-state index is 13.7. The average molecular weight is 561 g/mol. The summed E-state index contributed by atoms with van der Waals surface area (Å²) in [7, 11) is -4.07. The van der Waals surface area contributed by atoms with Crippen LogP contribution in [-0.4, -0.2) is 85.3 Å². The van der Waals surface area contributed by atoms with E-state index in [2.05, 4.69) is 11.8 Å². The Kier molecular flexibility index (Phi) is 11.9. The standard InChI is InChI=1S/C25H40N4O6S.ClH/c1-3-5-7-23(30)28-14-12-25(13-15-28,24(31)26-32)36(33,34)29-18-16-27(17-19-29)21-8-10-22(11-9-21)35-20-6-4-2;/h8-11,32H,3-7,12-20H2,1-2H3,(H,26,31);1H. The molecule has 0 saturated carbocycles. The number of ether oxygens (including phenoxy) is 1. The molecule has 2 N–H and O–H groups in total. The predicted molar refractivity (Wildman–Crippen MR) is 145 cm³/mol. The third kappa shape index (κ3) is 7.07. The molecule has 0 unspecified atom stereocenters. The number of halogens is 1. The van der Waals surface area contributed by atoms with Crippen molar-refractivity contribution in [2.45, 2.75) is 63.5 Å². The second kappa shape index (κ2) is 14.2. The van der Waals surface area contributed by atoms with Gasteiger partial charge in [0.05, 0.1) is 6.61 Å². The monoisotopic (exact) mass is 560 g/mol. The topological polar surface area (TPSA) is 119 Å². The number of rotatable bonds is 11. The summed E-state index contributed by atoms with van der Waals surface area (Å²) >= 11 is 0. The van der Waals surface area contributed by atoms with Crippen molar-refractivity contribution in [3.63, 3.8) is 0 Å². The van der Waals surface area contributed by atoms with Crippen LogP contribution in [-0.2, 0) is 19.6 Å². The molecule has 210 valence electrons. The zero-order valence-corrected chi connectivity index (χ0v) is 23.5. The lowest BCUT2D eigenvalue weighted by Gasteiger charge is -2.44. The number of nitrogens with zero attached hydrogens (tertiary/aromatic N) is 3. The maximum atomic E-state index is 13.7. The lowest BCUT2D eigenvalue weighted by Crippen LogP contribution is -2.64. The summed E-state index contributed by atoms with van der Waals surface area (Å²) in [6.07, 6.45) is 4.07. The van der Waals surface area contributed by atoms with Crippen LogP contribution in [0.25, 0.3) is 0 Å². The Morgan fingerprint density at radius 1 is 0.973 bits per heavy atom. The molecule has 0 aromatic heterocycles. The fraction of sp³-hybridized carbons (Fsp3) is 0.680. The molecule has 0 spiro atoms. The molecule has 0 aliphatic carbocycles. The van der Waals surface area contributed by atoms with Gasteiger partial charge in [0.2, 0.25) is 15.9 Å². The Hall–Kier alpha value is -2.08. The number of hydroxylamine groups is 1. The fourth-order valence-electron chi connectivity index (χ4n) is 4.83. The highest BCUT2D eigenvalue weighted by atomic mass is 35.5. The molecule has 2 amide bonds. The number of hydrogen-bond acceptors (Lipinski definition) is 7. The van der Waals surface area contributed by atoms with Crippen molar-refractivity contribution >= 4 is 39.9 Å². The first kappa shape index (κ1) is 31.1. The van der Waals surface area contributed by atoms with Crippen molar-refractivity contribution in [2.24, 2.45) is 0 Å². The fourth-order valence-corrected chi connectivity index (χ4v) is 6.95. The zero-order valence-electron chi connectivity index (χ0n) is 21.9. The minimum absolute atomic E-state index is 0. The van der Waals surface area contributed by atoms with Crippen molar-refractivity contribution in [2.75, 3.05) is 50.8 Å². The van der Waals surface area contributed by atoms with Crippen molar-refractivity contribution in [1.29, 1.82) is 0 Å². The number of amides is 2. The largest absolute Gasteiger partial charge is 0.494 e. The average Bonchev–Trinajstić information content (AvgIpc) is 2.91. The number of benzene rings is 1. The number of hydrogen-bond donors (Lipinski definition) is 2. The number of carbonyl (C=O) groups excluding carboxylic acids is 2. The van der Waals surface area contributed by atoms with Gasteiger partial charge < -0.3 is 14.5 Å². The lowest BCUT2D eigenvalue weighted by atomic mass is 9.94. The summed E-state index contributed by atoms with van der Waals surface area (Å²) in [5, 5.41) is 9.40. The lowest BCUT2D eigenvalue weighted by molar-refractivity contribution is -0.138. The molecule has 2 aliphatic heterocycles. The number of unbranched alkanes of at least 4 members (excludes halogenated alkanes) is 2. The summed E-state index contributed by atoms with van der Waals surface area (Å²) in [5.74, 6) is -0.142. The van der Waals surface area contributed by atoms with Crippen LogP contribution in [0.3, 0.4) is 0 Å². The molecule has 37 heavy (non-hydrogen) atoms. The second-order valence-corrected chi connectivity index (χ2v) is 11.8.